The predicted molar refractivity (Wildman–Crippen MR) is 165 cm³/mol. The molecule has 0 heterocycles. The van der Waals surface area contributed by atoms with Gasteiger partial charge in [-0.2, -0.15) is 0 Å². The molecule has 0 bridgehead atoms. The van der Waals surface area contributed by atoms with Gasteiger partial charge in [0.2, 0.25) is 11.8 Å². The van der Waals surface area contributed by atoms with Crippen LogP contribution in [0.5, 0.6) is 5.75 Å². The number of alkyl carbamates (subject to hydrolysis) is 1. The SMILES string of the molecule is CCc1ccc(C(C(=O)NC2CCCCC2)N(C(=O)C(Cc2ccc(O)cc2)NC(=O)OC(C)(C)C)C(C)(C)C)cc1. The maximum absolute atomic E-state index is 14.6. The number of rotatable bonds is 9. The lowest BCUT2D eigenvalue weighted by Crippen LogP contribution is -2.59. The Morgan fingerprint density at radius 1 is 0.905 bits per heavy atom. The van der Waals surface area contributed by atoms with Crippen molar-refractivity contribution >= 4 is 17.9 Å². The molecule has 2 atom stereocenters. The highest BCUT2D eigenvalue weighted by Gasteiger charge is 2.42. The molecule has 2 aromatic carbocycles. The zero-order valence-corrected chi connectivity index (χ0v) is 26.3. The summed E-state index contributed by atoms with van der Waals surface area (Å²) < 4.78 is 5.52. The summed E-state index contributed by atoms with van der Waals surface area (Å²) in [6.45, 7) is 13.1. The summed E-state index contributed by atoms with van der Waals surface area (Å²) in [5, 5.41) is 15.8. The normalized spacial score (nSPS) is 15.8. The molecule has 1 saturated carbocycles. The monoisotopic (exact) mass is 579 g/mol. The summed E-state index contributed by atoms with van der Waals surface area (Å²) in [7, 11) is 0. The molecule has 3 N–H and O–H groups in total. The second-order valence-corrected chi connectivity index (χ2v) is 13.3. The molecule has 8 heteroatoms. The van der Waals surface area contributed by atoms with E-state index in [1.807, 2.05) is 45.0 Å². The molecular formula is C34H49N3O5. The minimum absolute atomic E-state index is 0.0632. The molecule has 0 spiro atoms. The van der Waals surface area contributed by atoms with Crippen molar-refractivity contribution < 1.29 is 24.2 Å². The lowest BCUT2D eigenvalue weighted by Gasteiger charge is -2.43. The number of aryl methyl sites for hydroxylation is 1. The molecule has 42 heavy (non-hydrogen) atoms. The topological polar surface area (TPSA) is 108 Å². The minimum atomic E-state index is -1.02. The van der Waals surface area contributed by atoms with Crippen molar-refractivity contribution in [1.29, 1.82) is 0 Å². The van der Waals surface area contributed by atoms with Gasteiger partial charge in [-0.3, -0.25) is 9.59 Å². The number of aromatic hydroxyl groups is 1. The second-order valence-electron chi connectivity index (χ2n) is 13.3. The van der Waals surface area contributed by atoms with Crippen LogP contribution in [0.15, 0.2) is 48.5 Å². The van der Waals surface area contributed by atoms with E-state index in [4.69, 9.17) is 4.74 Å². The molecule has 0 saturated heterocycles. The van der Waals surface area contributed by atoms with Gasteiger partial charge < -0.3 is 25.4 Å². The number of phenolic OH excluding ortho intramolecular Hbond substituents is 1. The summed E-state index contributed by atoms with van der Waals surface area (Å²) in [4.78, 5) is 43.3. The predicted octanol–water partition coefficient (Wildman–Crippen LogP) is 6.21. The van der Waals surface area contributed by atoms with Gasteiger partial charge in [0.05, 0.1) is 0 Å². The van der Waals surface area contributed by atoms with Gasteiger partial charge in [0.15, 0.2) is 0 Å². The zero-order chi connectivity index (χ0) is 31.1. The fourth-order valence-corrected chi connectivity index (χ4v) is 5.41. The summed E-state index contributed by atoms with van der Waals surface area (Å²) in [6.07, 6.45) is 5.42. The number of nitrogens with one attached hydrogen (secondary N) is 2. The summed E-state index contributed by atoms with van der Waals surface area (Å²) in [5.74, 6) is -0.520. The van der Waals surface area contributed by atoms with Gasteiger partial charge in [-0.15, -0.1) is 0 Å². The molecular weight excluding hydrogens is 530 g/mol. The average Bonchev–Trinajstić information content (AvgIpc) is 2.91. The van der Waals surface area contributed by atoms with Crippen molar-refractivity contribution in [1.82, 2.24) is 15.5 Å². The Morgan fingerprint density at radius 2 is 1.48 bits per heavy atom. The van der Waals surface area contributed by atoms with E-state index in [1.54, 1.807) is 49.9 Å². The van der Waals surface area contributed by atoms with Gasteiger partial charge in [-0.05, 0) is 89.6 Å². The number of hydrogen-bond donors (Lipinski definition) is 3. The first-order chi connectivity index (χ1) is 19.7. The maximum Gasteiger partial charge on any atom is 0.408 e. The van der Waals surface area contributed by atoms with Crippen LogP contribution in [0.1, 0.15) is 103 Å². The van der Waals surface area contributed by atoms with E-state index in [0.29, 0.717) is 5.56 Å². The van der Waals surface area contributed by atoms with Crippen LogP contribution in [-0.2, 0) is 27.2 Å². The van der Waals surface area contributed by atoms with E-state index in [1.165, 1.54) is 0 Å². The number of ether oxygens (including phenoxy) is 1. The van der Waals surface area contributed by atoms with Crippen LogP contribution in [0.25, 0.3) is 0 Å². The van der Waals surface area contributed by atoms with Gasteiger partial charge in [0.1, 0.15) is 23.4 Å². The van der Waals surface area contributed by atoms with Crippen LogP contribution >= 0.6 is 0 Å². The van der Waals surface area contributed by atoms with Gasteiger partial charge in [0.25, 0.3) is 0 Å². The Bertz CT molecular complexity index is 1190. The van der Waals surface area contributed by atoms with Gasteiger partial charge in [-0.1, -0.05) is 62.6 Å². The zero-order valence-electron chi connectivity index (χ0n) is 26.3. The maximum atomic E-state index is 14.6. The summed E-state index contributed by atoms with van der Waals surface area (Å²) in [6, 6.07) is 12.5. The number of benzene rings is 2. The Morgan fingerprint density at radius 3 is 2.00 bits per heavy atom. The minimum Gasteiger partial charge on any atom is -0.508 e. The smallest absolute Gasteiger partial charge is 0.408 e. The molecule has 2 unspecified atom stereocenters. The number of phenols is 1. The molecule has 0 aliphatic heterocycles. The number of carbonyl (C=O) groups excluding carboxylic acids is 3. The first-order valence-corrected chi connectivity index (χ1v) is 15.2. The molecule has 2 aromatic rings. The number of hydrogen-bond acceptors (Lipinski definition) is 5. The molecule has 230 valence electrons. The van der Waals surface area contributed by atoms with E-state index in [9.17, 15) is 19.5 Å². The molecule has 1 aliphatic rings. The standard InChI is InChI=1S/C34H49N3O5/c1-8-23-14-18-25(19-15-23)29(30(39)35-26-12-10-9-11-13-26)37(33(2,3)4)31(40)28(36-32(41)42-34(5,6)7)22-24-16-20-27(38)21-17-24/h14-21,26,28-29,38H,8-13,22H2,1-7H3,(H,35,39)(H,36,41). The van der Waals surface area contributed by atoms with E-state index in [2.05, 4.69) is 17.6 Å². The largest absolute Gasteiger partial charge is 0.508 e. The highest BCUT2D eigenvalue weighted by molar-refractivity contribution is 5.93. The van der Waals surface area contributed by atoms with Crippen molar-refractivity contribution in [3.05, 3.63) is 65.2 Å². The van der Waals surface area contributed by atoms with E-state index < -0.39 is 35.2 Å². The lowest BCUT2D eigenvalue weighted by molar-refractivity contribution is -0.148. The quantitative estimate of drug-likeness (QED) is 0.328. The second kappa shape index (κ2) is 14.1. The third kappa shape index (κ3) is 9.50. The van der Waals surface area contributed by atoms with Crippen LogP contribution in [0, 0.1) is 0 Å². The molecule has 8 nitrogen and oxygen atoms in total. The average molecular weight is 580 g/mol. The molecule has 1 fully saturated rings. The molecule has 3 amide bonds. The number of amides is 3. The lowest BCUT2D eigenvalue weighted by atomic mass is 9.92. The molecule has 0 aromatic heterocycles. The third-order valence-corrected chi connectivity index (χ3v) is 7.49. The first kappa shape index (κ1) is 33.0. The summed E-state index contributed by atoms with van der Waals surface area (Å²) >= 11 is 0. The van der Waals surface area contributed by atoms with Crippen molar-refractivity contribution in [2.45, 2.75) is 123 Å². The van der Waals surface area contributed by atoms with E-state index in [-0.39, 0.29) is 24.1 Å². The Labute approximate surface area is 251 Å². The highest BCUT2D eigenvalue weighted by atomic mass is 16.6. The Hall–Kier alpha value is -3.55. The van der Waals surface area contributed by atoms with Crippen molar-refractivity contribution in [3.63, 3.8) is 0 Å². The summed E-state index contributed by atoms with van der Waals surface area (Å²) in [5.41, 5.74) is 1.05. The van der Waals surface area contributed by atoms with Crippen LogP contribution < -0.4 is 10.6 Å². The van der Waals surface area contributed by atoms with E-state index in [0.717, 1.165) is 49.7 Å². The number of nitrogens with zero attached hydrogens (tertiary/aromatic N) is 1. The molecule has 1 aliphatic carbocycles. The van der Waals surface area contributed by atoms with E-state index >= 15 is 0 Å². The highest BCUT2D eigenvalue weighted by Crippen LogP contribution is 2.32. The molecule has 3 rings (SSSR count). The van der Waals surface area contributed by atoms with Crippen molar-refractivity contribution in [3.8, 4) is 5.75 Å². The Balaban J connectivity index is 2.06. The Kier molecular flexibility index (Phi) is 11.0. The van der Waals surface area contributed by atoms with Crippen molar-refractivity contribution in [2.75, 3.05) is 0 Å². The van der Waals surface area contributed by atoms with Gasteiger partial charge >= 0.3 is 6.09 Å². The fraction of sp³-hybridized carbons (Fsp3) is 0.559. The van der Waals surface area contributed by atoms with Gasteiger partial charge in [-0.25, -0.2) is 4.79 Å². The fourth-order valence-electron chi connectivity index (χ4n) is 5.41. The van der Waals surface area contributed by atoms with Crippen molar-refractivity contribution in [2.24, 2.45) is 0 Å². The molecule has 0 radical (unpaired) electrons. The van der Waals surface area contributed by atoms with Crippen LogP contribution in [0.4, 0.5) is 4.79 Å². The number of carbonyl (C=O) groups is 3. The van der Waals surface area contributed by atoms with Crippen LogP contribution in [0.3, 0.4) is 0 Å². The third-order valence-electron chi connectivity index (χ3n) is 7.49. The van der Waals surface area contributed by atoms with Crippen LogP contribution in [0.2, 0.25) is 0 Å². The first-order valence-electron chi connectivity index (χ1n) is 15.2. The van der Waals surface area contributed by atoms with Gasteiger partial charge in [0, 0.05) is 18.0 Å². The van der Waals surface area contributed by atoms with Crippen LogP contribution in [-0.4, -0.2) is 51.1 Å².